The van der Waals surface area contributed by atoms with Gasteiger partial charge < -0.3 is 5.32 Å². The molecule has 0 bridgehead atoms. The average Bonchev–Trinajstić information content (AvgIpc) is 2.72. The van der Waals surface area contributed by atoms with Crippen molar-refractivity contribution in [3.63, 3.8) is 0 Å². The van der Waals surface area contributed by atoms with Crippen LogP contribution in [-0.2, 0) is 6.54 Å². The molecule has 2 aromatic rings. The van der Waals surface area contributed by atoms with Gasteiger partial charge in [-0.25, -0.2) is 0 Å². The van der Waals surface area contributed by atoms with Gasteiger partial charge in [0.05, 0.1) is 4.92 Å². The molecule has 0 saturated carbocycles. The summed E-state index contributed by atoms with van der Waals surface area (Å²) >= 11 is 7.47. The normalized spacial score (nSPS) is 10.3. The van der Waals surface area contributed by atoms with Crippen molar-refractivity contribution in [2.75, 3.05) is 5.32 Å². The first-order chi connectivity index (χ1) is 8.58. The first-order valence-electron chi connectivity index (χ1n) is 5.27. The minimum absolute atomic E-state index is 0.0345. The fourth-order valence-corrected chi connectivity index (χ4v) is 2.60. The molecule has 1 aromatic carbocycles. The lowest BCUT2D eigenvalue weighted by Crippen LogP contribution is -2.02. The van der Waals surface area contributed by atoms with Crippen molar-refractivity contribution < 1.29 is 4.92 Å². The summed E-state index contributed by atoms with van der Waals surface area (Å²) in [5.41, 5.74) is 2.79. The summed E-state index contributed by atoms with van der Waals surface area (Å²) in [4.78, 5) is 10.5. The maximum absolute atomic E-state index is 10.9. The Morgan fingerprint density at radius 2 is 2.22 bits per heavy atom. The van der Waals surface area contributed by atoms with Crippen molar-refractivity contribution in [1.82, 2.24) is 0 Å². The van der Waals surface area contributed by atoms with Crippen LogP contribution in [0.2, 0.25) is 5.02 Å². The Bertz CT molecular complexity index is 583. The summed E-state index contributed by atoms with van der Waals surface area (Å²) in [5, 5.41) is 18.5. The van der Waals surface area contributed by atoms with Gasteiger partial charge in [-0.1, -0.05) is 11.6 Å². The van der Waals surface area contributed by atoms with Gasteiger partial charge in [-0.15, -0.1) is 0 Å². The molecule has 4 nitrogen and oxygen atoms in total. The molecule has 0 amide bonds. The van der Waals surface area contributed by atoms with E-state index in [0.717, 1.165) is 5.56 Å². The number of rotatable bonds is 4. The van der Waals surface area contributed by atoms with Crippen LogP contribution in [0.15, 0.2) is 29.0 Å². The standard InChI is InChI=1S/C12H11ClN2O2S/c1-8-6-18-7-9(8)5-14-11-4-10(13)2-3-12(11)15(16)17/h2-4,6-7,14H,5H2,1H3. The van der Waals surface area contributed by atoms with E-state index in [0.29, 0.717) is 17.3 Å². The number of hydrogen-bond acceptors (Lipinski definition) is 4. The molecule has 0 spiro atoms. The number of aryl methyl sites for hydroxylation is 1. The van der Waals surface area contributed by atoms with E-state index in [1.165, 1.54) is 17.7 Å². The maximum Gasteiger partial charge on any atom is 0.292 e. The molecule has 2 rings (SSSR count). The van der Waals surface area contributed by atoms with Crippen LogP contribution in [0.4, 0.5) is 11.4 Å². The predicted molar refractivity (Wildman–Crippen MR) is 74.5 cm³/mol. The smallest absolute Gasteiger partial charge is 0.292 e. The first-order valence-corrected chi connectivity index (χ1v) is 6.59. The van der Waals surface area contributed by atoms with E-state index in [-0.39, 0.29) is 5.69 Å². The van der Waals surface area contributed by atoms with Gasteiger partial charge in [0, 0.05) is 17.6 Å². The molecular weight excluding hydrogens is 272 g/mol. The summed E-state index contributed by atoms with van der Waals surface area (Å²) < 4.78 is 0. The number of thiophene rings is 1. The fraction of sp³-hybridized carbons (Fsp3) is 0.167. The summed E-state index contributed by atoms with van der Waals surface area (Å²) in [7, 11) is 0. The minimum atomic E-state index is -0.418. The lowest BCUT2D eigenvalue weighted by atomic mass is 10.2. The van der Waals surface area contributed by atoms with Crippen molar-refractivity contribution in [3.8, 4) is 0 Å². The number of hydrogen-bond donors (Lipinski definition) is 1. The van der Waals surface area contributed by atoms with E-state index in [9.17, 15) is 10.1 Å². The molecule has 1 heterocycles. The molecule has 1 N–H and O–H groups in total. The third-order valence-electron chi connectivity index (χ3n) is 2.59. The Balaban J connectivity index is 2.20. The van der Waals surface area contributed by atoms with Gasteiger partial charge in [0.1, 0.15) is 5.69 Å². The van der Waals surface area contributed by atoms with Crippen LogP contribution < -0.4 is 5.32 Å². The van der Waals surface area contributed by atoms with E-state index in [4.69, 9.17) is 11.6 Å². The van der Waals surface area contributed by atoms with E-state index in [1.807, 2.05) is 17.7 Å². The Morgan fingerprint density at radius 1 is 1.44 bits per heavy atom. The number of nitrogens with one attached hydrogen (secondary N) is 1. The molecule has 0 unspecified atom stereocenters. The summed E-state index contributed by atoms with van der Waals surface area (Å²) in [6, 6.07) is 4.49. The van der Waals surface area contributed by atoms with Crippen molar-refractivity contribution in [1.29, 1.82) is 0 Å². The minimum Gasteiger partial charge on any atom is -0.375 e. The summed E-state index contributed by atoms with van der Waals surface area (Å²) in [6.45, 7) is 2.57. The predicted octanol–water partition coefficient (Wildman–Crippen LogP) is 4.23. The zero-order valence-corrected chi connectivity index (χ0v) is 11.2. The van der Waals surface area contributed by atoms with Crippen LogP contribution in [0.25, 0.3) is 0 Å². The van der Waals surface area contributed by atoms with Crippen LogP contribution in [0.3, 0.4) is 0 Å². The Labute approximate surface area is 113 Å². The molecule has 0 aliphatic carbocycles. The summed E-state index contributed by atoms with van der Waals surface area (Å²) in [5.74, 6) is 0. The van der Waals surface area contributed by atoms with Crippen molar-refractivity contribution in [2.45, 2.75) is 13.5 Å². The highest BCUT2D eigenvalue weighted by molar-refractivity contribution is 7.08. The third kappa shape index (κ3) is 2.80. The van der Waals surface area contributed by atoms with Gasteiger partial charge in [-0.3, -0.25) is 10.1 Å². The molecule has 94 valence electrons. The molecule has 0 atom stereocenters. The van der Waals surface area contributed by atoms with Crippen molar-refractivity contribution in [3.05, 3.63) is 55.2 Å². The highest BCUT2D eigenvalue weighted by Gasteiger charge is 2.13. The van der Waals surface area contributed by atoms with Crippen molar-refractivity contribution in [2.24, 2.45) is 0 Å². The average molecular weight is 283 g/mol. The van der Waals surface area contributed by atoms with Crippen LogP contribution in [0.5, 0.6) is 0 Å². The van der Waals surface area contributed by atoms with Crippen LogP contribution in [0, 0.1) is 17.0 Å². The number of benzene rings is 1. The fourth-order valence-electron chi connectivity index (χ4n) is 1.57. The van der Waals surface area contributed by atoms with Gasteiger partial charge in [0.2, 0.25) is 0 Å². The van der Waals surface area contributed by atoms with Crippen molar-refractivity contribution >= 4 is 34.3 Å². The largest absolute Gasteiger partial charge is 0.375 e. The molecule has 0 radical (unpaired) electrons. The highest BCUT2D eigenvalue weighted by Crippen LogP contribution is 2.28. The second-order valence-electron chi connectivity index (χ2n) is 3.85. The number of nitrogens with zero attached hydrogens (tertiary/aromatic N) is 1. The maximum atomic E-state index is 10.9. The molecule has 18 heavy (non-hydrogen) atoms. The number of nitro benzene ring substituents is 1. The molecule has 0 aliphatic rings. The topological polar surface area (TPSA) is 55.2 Å². The second kappa shape index (κ2) is 5.37. The highest BCUT2D eigenvalue weighted by atomic mass is 35.5. The lowest BCUT2D eigenvalue weighted by Gasteiger charge is -2.07. The Hall–Kier alpha value is -1.59. The van der Waals surface area contributed by atoms with E-state index in [2.05, 4.69) is 5.32 Å². The molecule has 1 aromatic heterocycles. The van der Waals surface area contributed by atoms with Gasteiger partial charge >= 0.3 is 0 Å². The van der Waals surface area contributed by atoms with Gasteiger partial charge in [0.15, 0.2) is 0 Å². The zero-order valence-electron chi connectivity index (χ0n) is 9.64. The third-order valence-corrected chi connectivity index (χ3v) is 3.73. The zero-order chi connectivity index (χ0) is 13.1. The summed E-state index contributed by atoms with van der Waals surface area (Å²) in [6.07, 6.45) is 0. The van der Waals surface area contributed by atoms with Gasteiger partial charge in [0.25, 0.3) is 5.69 Å². The Morgan fingerprint density at radius 3 is 2.83 bits per heavy atom. The van der Waals surface area contributed by atoms with Crippen LogP contribution in [-0.4, -0.2) is 4.92 Å². The molecule has 0 saturated heterocycles. The monoisotopic (exact) mass is 282 g/mol. The van der Waals surface area contributed by atoms with E-state index >= 15 is 0 Å². The number of anilines is 1. The molecular formula is C12H11ClN2O2S. The molecule has 6 heteroatoms. The quantitative estimate of drug-likeness (QED) is 0.674. The lowest BCUT2D eigenvalue weighted by molar-refractivity contribution is -0.384. The second-order valence-corrected chi connectivity index (χ2v) is 5.03. The van der Waals surface area contributed by atoms with E-state index in [1.54, 1.807) is 17.4 Å². The van der Waals surface area contributed by atoms with Crippen LogP contribution in [0.1, 0.15) is 11.1 Å². The van der Waals surface area contributed by atoms with E-state index < -0.39 is 4.92 Å². The molecule has 0 fully saturated rings. The first kappa shape index (κ1) is 12.9. The van der Waals surface area contributed by atoms with Gasteiger partial charge in [-0.2, -0.15) is 11.3 Å². The van der Waals surface area contributed by atoms with Gasteiger partial charge in [-0.05, 0) is 40.9 Å². The molecule has 0 aliphatic heterocycles. The Kier molecular flexibility index (Phi) is 3.84. The van der Waals surface area contributed by atoms with Crippen LogP contribution >= 0.6 is 22.9 Å². The SMILES string of the molecule is Cc1cscc1CNc1cc(Cl)ccc1[N+](=O)[O-]. The number of nitro groups is 1. The number of halogens is 1.